The zero-order valence-electron chi connectivity index (χ0n) is 5.22. The molecule has 3 heteroatoms. The molecule has 1 rings (SSSR count). The van der Waals surface area contributed by atoms with Gasteiger partial charge in [-0.2, -0.15) is 0 Å². The van der Waals surface area contributed by atoms with Crippen LogP contribution in [0.3, 0.4) is 0 Å². The summed E-state index contributed by atoms with van der Waals surface area (Å²) in [6.45, 7) is 4.31. The normalized spacial score (nSPS) is 28.9. The highest BCUT2D eigenvalue weighted by atomic mass is 16.6. The fraction of sp³-hybridized carbons (Fsp3) is 1.00. The molecule has 1 aliphatic rings. The Labute approximate surface area is 49.6 Å². The highest BCUT2D eigenvalue weighted by molar-refractivity contribution is 4.50. The highest BCUT2D eigenvalue weighted by Gasteiger charge is 2.06. The molecule has 0 aliphatic carbocycles. The SMILES string of the molecule is C[C@H]1COCCO1.N. The van der Waals surface area contributed by atoms with Crippen molar-refractivity contribution < 1.29 is 9.47 Å². The first-order valence-corrected chi connectivity index (χ1v) is 2.59. The Morgan fingerprint density at radius 1 is 1.38 bits per heavy atom. The molecule has 0 saturated carbocycles. The first-order chi connectivity index (χ1) is 3.39. The second-order valence-corrected chi connectivity index (χ2v) is 1.76. The van der Waals surface area contributed by atoms with Crippen LogP contribution in [0.5, 0.6) is 0 Å². The van der Waals surface area contributed by atoms with Crippen LogP contribution in [-0.2, 0) is 9.47 Å². The molecule has 50 valence electrons. The van der Waals surface area contributed by atoms with Crippen molar-refractivity contribution in [1.82, 2.24) is 6.15 Å². The summed E-state index contributed by atoms with van der Waals surface area (Å²) in [6, 6.07) is 0. The highest BCUT2D eigenvalue weighted by Crippen LogP contribution is 1.96. The summed E-state index contributed by atoms with van der Waals surface area (Å²) in [5.41, 5.74) is 0. The summed E-state index contributed by atoms with van der Waals surface area (Å²) in [4.78, 5) is 0. The number of ether oxygens (including phenoxy) is 2. The largest absolute Gasteiger partial charge is 0.376 e. The molecule has 0 aromatic carbocycles. The maximum atomic E-state index is 5.15. The molecule has 0 aromatic rings. The van der Waals surface area contributed by atoms with E-state index in [9.17, 15) is 0 Å². The van der Waals surface area contributed by atoms with E-state index >= 15 is 0 Å². The third-order valence-electron chi connectivity index (χ3n) is 0.983. The fourth-order valence-corrected chi connectivity index (χ4v) is 0.606. The summed E-state index contributed by atoms with van der Waals surface area (Å²) < 4.78 is 10.2. The molecule has 1 aliphatic heterocycles. The topological polar surface area (TPSA) is 53.5 Å². The quantitative estimate of drug-likeness (QED) is 0.507. The van der Waals surface area contributed by atoms with Crippen LogP contribution in [0, 0.1) is 0 Å². The number of rotatable bonds is 0. The van der Waals surface area contributed by atoms with Gasteiger partial charge in [0, 0.05) is 0 Å². The lowest BCUT2D eigenvalue weighted by molar-refractivity contribution is -0.0797. The van der Waals surface area contributed by atoms with Gasteiger partial charge in [-0.15, -0.1) is 0 Å². The molecule has 8 heavy (non-hydrogen) atoms. The van der Waals surface area contributed by atoms with Crippen LogP contribution in [0.25, 0.3) is 0 Å². The van der Waals surface area contributed by atoms with Crippen molar-refractivity contribution >= 4 is 0 Å². The molecule has 1 saturated heterocycles. The van der Waals surface area contributed by atoms with Gasteiger partial charge in [0.1, 0.15) is 0 Å². The lowest BCUT2D eigenvalue weighted by Gasteiger charge is -2.18. The molecular formula is C5H13NO2. The van der Waals surface area contributed by atoms with Crippen molar-refractivity contribution in [2.75, 3.05) is 19.8 Å². The summed E-state index contributed by atoms with van der Waals surface area (Å²) in [5, 5.41) is 0. The van der Waals surface area contributed by atoms with Gasteiger partial charge < -0.3 is 15.6 Å². The minimum absolute atomic E-state index is 0. The van der Waals surface area contributed by atoms with E-state index in [0.29, 0.717) is 6.10 Å². The molecule has 3 nitrogen and oxygen atoms in total. The van der Waals surface area contributed by atoms with E-state index < -0.39 is 0 Å². The zero-order chi connectivity index (χ0) is 5.11. The lowest BCUT2D eigenvalue weighted by atomic mass is 10.4. The van der Waals surface area contributed by atoms with E-state index in [4.69, 9.17) is 9.47 Å². The molecule has 0 amide bonds. The minimum Gasteiger partial charge on any atom is -0.376 e. The smallest absolute Gasteiger partial charge is 0.0781 e. The van der Waals surface area contributed by atoms with E-state index in [2.05, 4.69) is 0 Å². The predicted octanol–water partition coefficient (Wildman–Crippen LogP) is 0.584. The zero-order valence-corrected chi connectivity index (χ0v) is 5.22. The maximum Gasteiger partial charge on any atom is 0.0781 e. The molecular weight excluding hydrogens is 106 g/mol. The van der Waals surface area contributed by atoms with Gasteiger partial charge in [0.2, 0.25) is 0 Å². The van der Waals surface area contributed by atoms with E-state index in [1.54, 1.807) is 0 Å². The average Bonchev–Trinajstić information content (AvgIpc) is 1.69. The van der Waals surface area contributed by atoms with Gasteiger partial charge in [0.25, 0.3) is 0 Å². The van der Waals surface area contributed by atoms with Crippen molar-refractivity contribution in [3.63, 3.8) is 0 Å². The second-order valence-electron chi connectivity index (χ2n) is 1.76. The molecule has 3 N–H and O–H groups in total. The van der Waals surface area contributed by atoms with Gasteiger partial charge in [0.05, 0.1) is 25.9 Å². The van der Waals surface area contributed by atoms with Gasteiger partial charge in [-0.1, -0.05) is 0 Å². The molecule has 1 atom stereocenters. The standard InChI is InChI=1S/C5H10O2.H3N/c1-5-4-6-2-3-7-5;/h5H,2-4H2,1H3;1H3/t5-;/m0./s1. The van der Waals surface area contributed by atoms with Gasteiger partial charge in [0.15, 0.2) is 0 Å². The Bertz CT molecular complexity index is 52.4. The number of hydrogen-bond acceptors (Lipinski definition) is 3. The van der Waals surface area contributed by atoms with E-state index in [-0.39, 0.29) is 6.15 Å². The van der Waals surface area contributed by atoms with Crippen LogP contribution in [0.2, 0.25) is 0 Å². The summed E-state index contributed by atoms with van der Waals surface area (Å²) in [7, 11) is 0. The van der Waals surface area contributed by atoms with Gasteiger partial charge in [-0.05, 0) is 6.92 Å². The molecule has 0 aromatic heterocycles. The van der Waals surface area contributed by atoms with Crippen molar-refractivity contribution in [2.45, 2.75) is 13.0 Å². The van der Waals surface area contributed by atoms with E-state index in [0.717, 1.165) is 19.8 Å². The summed E-state index contributed by atoms with van der Waals surface area (Å²) >= 11 is 0. The third kappa shape index (κ3) is 2.26. The van der Waals surface area contributed by atoms with Crippen LogP contribution < -0.4 is 6.15 Å². The Hall–Kier alpha value is -0.120. The first-order valence-electron chi connectivity index (χ1n) is 2.59. The Kier molecular flexibility index (Phi) is 3.77. The third-order valence-corrected chi connectivity index (χ3v) is 0.983. The minimum atomic E-state index is 0. The van der Waals surface area contributed by atoms with Gasteiger partial charge in [-0.3, -0.25) is 0 Å². The monoisotopic (exact) mass is 119 g/mol. The van der Waals surface area contributed by atoms with E-state index in [1.807, 2.05) is 6.92 Å². The lowest BCUT2D eigenvalue weighted by Crippen LogP contribution is -2.25. The van der Waals surface area contributed by atoms with Crippen molar-refractivity contribution in [3.8, 4) is 0 Å². The van der Waals surface area contributed by atoms with Crippen LogP contribution in [0.4, 0.5) is 0 Å². The molecule has 1 heterocycles. The van der Waals surface area contributed by atoms with Crippen molar-refractivity contribution in [2.24, 2.45) is 0 Å². The Balaban J connectivity index is 0.000000490. The van der Waals surface area contributed by atoms with Gasteiger partial charge in [-0.25, -0.2) is 0 Å². The molecule has 0 spiro atoms. The summed E-state index contributed by atoms with van der Waals surface area (Å²) in [5.74, 6) is 0. The average molecular weight is 119 g/mol. The first kappa shape index (κ1) is 7.88. The van der Waals surface area contributed by atoms with Crippen LogP contribution in [0.1, 0.15) is 6.92 Å². The Morgan fingerprint density at radius 3 is 2.38 bits per heavy atom. The van der Waals surface area contributed by atoms with E-state index in [1.165, 1.54) is 0 Å². The fourth-order valence-electron chi connectivity index (χ4n) is 0.606. The Morgan fingerprint density at radius 2 is 2.12 bits per heavy atom. The molecule has 0 unspecified atom stereocenters. The second kappa shape index (κ2) is 3.83. The van der Waals surface area contributed by atoms with Crippen LogP contribution in [-0.4, -0.2) is 25.9 Å². The maximum absolute atomic E-state index is 5.15. The van der Waals surface area contributed by atoms with Crippen LogP contribution in [0.15, 0.2) is 0 Å². The predicted molar refractivity (Wildman–Crippen MR) is 31.3 cm³/mol. The molecule has 1 fully saturated rings. The number of hydrogen-bond donors (Lipinski definition) is 1. The summed E-state index contributed by atoms with van der Waals surface area (Å²) in [6.07, 6.45) is 0.314. The van der Waals surface area contributed by atoms with Gasteiger partial charge >= 0.3 is 0 Å². The molecule has 0 radical (unpaired) electrons. The van der Waals surface area contributed by atoms with Crippen molar-refractivity contribution in [1.29, 1.82) is 0 Å². The van der Waals surface area contributed by atoms with Crippen LogP contribution >= 0.6 is 0 Å². The molecule has 0 bridgehead atoms. The van der Waals surface area contributed by atoms with Crippen molar-refractivity contribution in [3.05, 3.63) is 0 Å².